The summed E-state index contributed by atoms with van der Waals surface area (Å²) in [6.45, 7) is 5.61. The minimum atomic E-state index is -2.25. The lowest BCUT2D eigenvalue weighted by Gasteiger charge is -2.19. The van der Waals surface area contributed by atoms with E-state index < -0.39 is 50.3 Å². The highest BCUT2D eigenvalue weighted by atomic mass is 31.1. The van der Waals surface area contributed by atoms with Crippen LogP contribution in [-0.4, -0.2) is 61.3 Å². The van der Waals surface area contributed by atoms with E-state index in [1.165, 1.54) is 27.4 Å². The molecule has 12 heteroatoms. The molecule has 150 valence electrons. The van der Waals surface area contributed by atoms with Gasteiger partial charge in [0, 0.05) is 13.1 Å². The van der Waals surface area contributed by atoms with Crippen LogP contribution in [0.2, 0.25) is 0 Å². The van der Waals surface area contributed by atoms with Gasteiger partial charge in [0.15, 0.2) is 8.03 Å². The van der Waals surface area contributed by atoms with Crippen molar-refractivity contribution in [2.45, 2.75) is 39.5 Å². The zero-order valence-corrected chi connectivity index (χ0v) is 16.0. The minimum Gasteiger partial charge on any atom is -0.480 e. The molecule has 0 bridgehead atoms. The van der Waals surface area contributed by atoms with E-state index in [4.69, 9.17) is 14.4 Å². The SMILES string of the molecule is CCOC(=O)C(OC(=O)NC(CCO[PH](C)=O)C(=O)O)OC(=O)C(C)C. The van der Waals surface area contributed by atoms with E-state index in [1.54, 1.807) is 0 Å². The van der Waals surface area contributed by atoms with E-state index in [0.29, 0.717) is 0 Å². The molecule has 2 N–H and O–H groups in total. The summed E-state index contributed by atoms with van der Waals surface area (Å²) in [5, 5.41) is 11.1. The average molecular weight is 397 g/mol. The van der Waals surface area contributed by atoms with Crippen LogP contribution in [0.4, 0.5) is 4.79 Å². The molecule has 0 saturated carbocycles. The summed E-state index contributed by atoms with van der Waals surface area (Å²) >= 11 is 0. The molecule has 0 aliphatic carbocycles. The van der Waals surface area contributed by atoms with Crippen molar-refractivity contribution in [3.63, 3.8) is 0 Å². The third-order valence-electron chi connectivity index (χ3n) is 2.69. The van der Waals surface area contributed by atoms with Crippen LogP contribution in [0.3, 0.4) is 0 Å². The van der Waals surface area contributed by atoms with Crippen LogP contribution in [-0.2, 0) is 37.7 Å². The Hall–Kier alpha value is -2.13. The molecule has 1 amide bonds. The molecule has 0 aromatic carbocycles. The summed E-state index contributed by atoms with van der Waals surface area (Å²) in [6, 6.07) is -1.42. The maximum Gasteiger partial charge on any atom is 0.411 e. The van der Waals surface area contributed by atoms with Crippen LogP contribution >= 0.6 is 8.03 Å². The molecule has 0 spiro atoms. The van der Waals surface area contributed by atoms with Gasteiger partial charge in [0.25, 0.3) is 0 Å². The van der Waals surface area contributed by atoms with Crippen LogP contribution in [0.1, 0.15) is 27.2 Å². The van der Waals surface area contributed by atoms with Crippen LogP contribution in [0.25, 0.3) is 0 Å². The molecule has 0 heterocycles. The number of nitrogens with one attached hydrogen (secondary N) is 1. The monoisotopic (exact) mass is 397 g/mol. The van der Waals surface area contributed by atoms with Gasteiger partial charge < -0.3 is 29.2 Å². The lowest BCUT2D eigenvalue weighted by atomic mass is 10.2. The summed E-state index contributed by atoms with van der Waals surface area (Å²) < 4.78 is 29.7. The van der Waals surface area contributed by atoms with Gasteiger partial charge in [0.05, 0.1) is 19.1 Å². The summed E-state index contributed by atoms with van der Waals surface area (Å²) in [5.74, 6) is -3.92. The Morgan fingerprint density at radius 1 is 1.12 bits per heavy atom. The number of carboxylic acid groups (broad SMARTS) is 1. The molecular formula is C14H24NO10P. The lowest BCUT2D eigenvalue weighted by Crippen LogP contribution is -2.45. The van der Waals surface area contributed by atoms with Gasteiger partial charge in [0.2, 0.25) is 0 Å². The highest BCUT2D eigenvalue weighted by Gasteiger charge is 2.31. The number of esters is 2. The third kappa shape index (κ3) is 10.00. The normalized spacial score (nSPS) is 14.0. The molecule has 3 atom stereocenters. The second-order valence-electron chi connectivity index (χ2n) is 5.24. The van der Waals surface area contributed by atoms with E-state index in [9.17, 15) is 23.7 Å². The van der Waals surface area contributed by atoms with Crippen molar-refractivity contribution in [1.29, 1.82) is 0 Å². The van der Waals surface area contributed by atoms with Gasteiger partial charge in [-0.1, -0.05) is 13.8 Å². The standard InChI is InChI=1S/C14H24NO10P/c1-5-22-12(19)13(24-11(18)8(2)3)25-14(20)15-9(10(16)17)6-7-23-26(4)21/h8-9,13,26H,5-7H2,1-4H3,(H,15,20)(H,16,17). The van der Waals surface area contributed by atoms with Gasteiger partial charge in [0.1, 0.15) is 6.04 Å². The van der Waals surface area contributed by atoms with Crippen LogP contribution in [0.5, 0.6) is 0 Å². The number of carbonyl (C=O) groups is 4. The van der Waals surface area contributed by atoms with Crippen molar-refractivity contribution in [2.75, 3.05) is 19.9 Å². The van der Waals surface area contributed by atoms with Crippen molar-refractivity contribution >= 4 is 32.0 Å². The molecule has 0 aromatic heterocycles. The molecular weight excluding hydrogens is 373 g/mol. The molecule has 11 nitrogen and oxygen atoms in total. The first-order valence-corrected chi connectivity index (χ1v) is 9.60. The summed E-state index contributed by atoms with van der Waals surface area (Å²) in [5.41, 5.74) is 0. The fraction of sp³-hybridized carbons (Fsp3) is 0.714. The van der Waals surface area contributed by atoms with Crippen LogP contribution in [0.15, 0.2) is 0 Å². The topological polar surface area (TPSA) is 155 Å². The Morgan fingerprint density at radius 2 is 1.73 bits per heavy atom. The summed E-state index contributed by atoms with van der Waals surface area (Å²) in [7, 11) is -2.25. The fourth-order valence-electron chi connectivity index (χ4n) is 1.42. The Balaban J connectivity index is 4.86. The van der Waals surface area contributed by atoms with Crippen molar-refractivity contribution < 1.29 is 47.6 Å². The predicted octanol–water partition coefficient (Wildman–Crippen LogP) is 0.765. The number of rotatable bonds is 11. The average Bonchev–Trinajstić information content (AvgIpc) is 2.52. The van der Waals surface area contributed by atoms with Gasteiger partial charge in [-0.25, -0.2) is 14.4 Å². The Kier molecular flexibility index (Phi) is 11.3. The van der Waals surface area contributed by atoms with Crippen molar-refractivity contribution in [3.8, 4) is 0 Å². The largest absolute Gasteiger partial charge is 0.480 e. The van der Waals surface area contributed by atoms with Gasteiger partial charge >= 0.3 is 30.3 Å². The molecule has 0 rings (SSSR count). The third-order valence-corrected chi connectivity index (χ3v) is 3.30. The molecule has 0 aliphatic rings. The van der Waals surface area contributed by atoms with Gasteiger partial charge in [-0.2, -0.15) is 0 Å². The van der Waals surface area contributed by atoms with Gasteiger partial charge in [-0.05, 0) is 6.92 Å². The maximum absolute atomic E-state index is 11.8. The van der Waals surface area contributed by atoms with E-state index in [-0.39, 0.29) is 19.6 Å². The number of aliphatic carboxylic acids is 1. The number of hydrogen-bond donors (Lipinski definition) is 2. The highest BCUT2D eigenvalue weighted by molar-refractivity contribution is 7.38. The maximum atomic E-state index is 11.8. The molecule has 26 heavy (non-hydrogen) atoms. The first-order chi connectivity index (χ1) is 12.1. The van der Waals surface area contributed by atoms with Crippen molar-refractivity contribution in [3.05, 3.63) is 0 Å². The number of alkyl carbamates (subject to hydrolysis) is 1. The number of amides is 1. The van der Waals surface area contributed by atoms with E-state index in [2.05, 4.69) is 9.47 Å². The first kappa shape index (κ1) is 23.9. The van der Waals surface area contributed by atoms with Crippen LogP contribution < -0.4 is 5.32 Å². The zero-order valence-electron chi connectivity index (χ0n) is 15.0. The molecule has 0 aromatic rings. The van der Waals surface area contributed by atoms with Crippen LogP contribution in [0, 0.1) is 5.92 Å². The van der Waals surface area contributed by atoms with Crippen molar-refractivity contribution in [2.24, 2.45) is 5.92 Å². The fourth-order valence-corrected chi connectivity index (χ4v) is 1.83. The Bertz CT molecular complexity index is 536. The van der Waals surface area contributed by atoms with Crippen molar-refractivity contribution in [1.82, 2.24) is 5.32 Å². The number of ether oxygens (including phenoxy) is 3. The Morgan fingerprint density at radius 3 is 2.19 bits per heavy atom. The minimum absolute atomic E-state index is 0.0507. The van der Waals surface area contributed by atoms with Gasteiger partial charge in [-0.15, -0.1) is 0 Å². The molecule has 0 aliphatic heterocycles. The molecule has 0 fully saturated rings. The molecule has 0 radical (unpaired) electrons. The second-order valence-corrected chi connectivity index (χ2v) is 6.52. The number of carbonyl (C=O) groups excluding carboxylic acids is 3. The predicted molar refractivity (Wildman–Crippen MR) is 87.9 cm³/mol. The van der Waals surface area contributed by atoms with E-state index in [1.807, 2.05) is 5.32 Å². The first-order valence-electron chi connectivity index (χ1n) is 7.78. The molecule has 3 unspecified atom stereocenters. The van der Waals surface area contributed by atoms with Gasteiger partial charge in [-0.3, -0.25) is 9.36 Å². The van der Waals surface area contributed by atoms with E-state index >= 15 is 0 Å². The number of carboxylic acids is 1. The second kappa shape index (κ2) is 12.3. The quantitative estimate of drug-likeness (QED) is 0.290. The molecule has 0 saturated heterocycles. The number of hydrogen-bond acceptors (Lipinski definition) is 9. The highest BCUT2D eigenvalue weighted by Crippen LogP contribution is 2.15. The zero-order chi connectivity index (χ0) is 20.3. The summed E-state index contributed by atoms with van der Waals surface area (Å²) in [4.78, 5) is 46.3. The van der Waals surface area contributed by atoms with E-state index in [0.717, 1.165) is 0 Å². The Labute approximate surface area is 151 Å². The smallest absolute Gasteiger partial charge is 0.411 e. The summed E-state index contributed by atoms with van der Waals surface area (Å²) in [6.07, 6.45) is -3.47. The lowest BCUT2D eigenvalue weighted by molar-refractivity contribution is -0.192.